The largest absolute Gasteiger partial charge is 0.452 e. The van der Waals surface area contributed by atoms with E-state index in [1.807, 2.05) is 5.38 Å². The fourth-order valence-corrected chi connectivity index (χ4v) is 7.14. The van der Waals surface area contributed by atoms with Gasteiger partial charge in [0.1, 0.15) is 0 Å². The van der Waals surface area contributed by atoms with Crippen molar-refractivity contribution in [3.63, 3.8) is 0 Å². The van der Waals surface area contributed by atoms with E-state index in [-0.39, 0.29) is 5.97 Å². The lowest BCUT2D eigenvalue weighted by Crippen LogP contribution is -2.59. The van der Waals surface area contributed by atoms with Crippen LogP contribution in [0.15, 0.2) is 23.6 Å². The zero-order chi connectivity index (χ0) is 22.7. The van der Waals surface area contributed by atoms with Gasteiger partial charge in [0.25, 0.3) is 5.91 Å². The number of ether oxygens (including phenoxy) is 1. The Labute approximate surface area is 200 Å². The number of carbonyl (C=O) groups is 2. The molecule has 32 heavy (non-hydrogen) atoms. The van der Waals surface area contributed by atoms with Crippen LogP contribution in [0.4, 0.5) is 5.13 Å². The maximum atomic E-state index is 13.1. The highest BCUT2D eigenvalue weighted by Crippen LogP contribution is 2.62. The predicted molar refractivity (Wildman–Crippen MR) is 124 cm³/mol. The van der Waals surface area contributed by atoms with Gasteiger partial charge in [-0.15, -0.1) is 11.3 Å². The summed E-state index contributed by atoms with van der Waals surface area (Å²) in [7, 11) is 0. The third-order valence-corrected chi connectivity index (χ3v) is 8.56. The standard InChI is InChI=1S/C23H24Cl2N2O4S/c1-12(31-20(29)22-6-13-4-14(7-22)9-23(30,8-13)11-22)19(28)27-21-26-18(10-32-21)15-2-3-16(24)17(25)5-15/h2-3,5,10,12-14,30H,4,6-9,11H2,1H3,(H,26,27,28)/t12-,13-,14+,22?,23?/m0/s1. The number of nitrogens with one attached hydrogen (secondary N) is 1. The number of benzene rings is 1. The number of hydrogen-bond acceptors (Lipinski definition) is 6. The van der Waals surface area contributed by atoms with Gasteiger partial charge in [-0.05, 0) is 69.4 Å². The van der Waals surface area contributed by atoms with E-state index in [1.165, 1.54) is 11.3 Å². The number of anilines is 1. The highest BCUT2D eigenvalue weighted by molar-refractivity contribution is 7.14. The topological polar surface area (TPSA) is 88.5 Å². The molecule has 170 valence electrons. The van der Waals surface area contributed by atoms with Gasteiger partial charge in [-0.25, -0.2) is 4.98 Å². The molecule has 2 unspecified atom stereocenters. The Morgan fingerprint density at radius 1 is 1.22 bits per heavy atom. The summed E-state index contributed by atoms with van der Waals surface area (Å²) < 4.78 is 5.62. The fourth-order valence-electron chi connectivity index (χ4n) is 6.12. The summed E-state index contributed by atoms with van der Waals surface area (Å²) in [6.07, 6.45) is 3.62. The molecule has 1 heterocycles. The minimum Gasteiger partial charge on any atom is -0.452 e. The number of amides is 1. The molecule has 6 nitrogen and oxygen atoms in total. The monoisotopic (exact) mass is 494 g/mol. The Balaban J connectivity index is 1.23. The minimum atomic E-state index is -0.956. The van der Waals surface area contributed by atoms with Gasteiger partial charge in [0.05, 0.1) is 26.8 Å². The Kier molecular flexibility index (Phi) is 5.52. The smallest absolute Gasteiger partial charge is 0.312 e. The number of rotatable bonds is 5. The van der Waals surface area contributed by atoms with Gasteiger partial charge in [0.2, 0.25) is 0 Å². The summed E-state index contributed by atoms with van der Waals surface area (Å²) >= 11 is 13.3. The third-order valence-electron chi connectivity index (χ3n) is 7.07. The van der Waals surface area contributed by atoms with Crippen LogP contribution >= 0.6 is 34.5 Å². The molecule has 4 aliphatic rings. The van der Waals surface area contributed by atoms with Gasteiger partial charge < -0.3 is 9.84 Å². The number of thiazole rings is 1. The number of aliphatic hydroxyl groups is 1. The van der Waals surface area contributed by atoms with Crippen molar-refractivity contribution in [3.8, 4) is 11.3 Å². The molecule has 4 bridgehead atoms. The van der Waals surface area contributed by atoms with E-state index < -0.39 is 23.0 Å². The first kappa shape index (κ1) is 22.1. The van der Waals surface area contributed by atoms with Crippen LogP contribution in [0.1, 0.15) is 45.4 Å². The molecule has 1 aromatic heterocycles. The Morgan fingerprint density at radius 2 is 1.94 bits per heavy atom. The summed E-state index contributed by atoms with van der Waals surface area (Å²) in [4.78, 5) is 30.2. The quantitative estimate of drug-likeness (QED) is 0.549. The molecule has 6 rings (SSSR count). The van der Waals surface area contributed by atoms with Crippen molar-refractivity contribution in [2.75, 3.05) is 5.32 Å². The van der Waals surface area contributed by atoms with E-state index in [0.717, 1.165) is 37.7 Å². The molecule has 2 N–H and O–H groups in total. The van der Waals surface area contributed by atoms with Crippen molar-refractivity contribution in [1.29, 1.82) is 0 Å². The highest BCUT2D eigenvalue weighted by Gasteiger charge is 2.61. The van der Waals surface area contributed by atoms with E-state index in [0.29, 0.717) is 39.1 Å². The average Bonchev–Trinajstić information content (AvgIpc) is 3.16. The number of halogens is 2. The van der Waals surface area contributed by atoms with Crippen LogP contribution in [0.3, 0.4) is 0 Å². The van der Waals surface area contributed by atoms with Gasteiger partial charge in [-0.3, -0.25) is 14.9 Å². The zero-order valence-corrected chi connectivity index (χ0v) is 19.9. The molecule has 1 aromatic carbocycles. The summed E-state index contributed by atoms with van der Waals surface area (Å²) in [5.41, 5.74) is 0.0390. The van der Waals surface area contributed by atoms with Gasteiger partial charge in [-0.2, -0.15) is 0 Å². The lowest BCUT2D eigenvalue weighted by Gasteiger charge is -2.58. The van der Waals surface area contributed by atoms with Crippen molar-refractivity contribution >= 4 is 51.5 Å². The van der Waals surface area contributed by atoms with Crippen molar-refractivity contribution in [1.82, 2.24) is 4.98 Å². The molecule has 0 radical (unpaired) electrons. The second-order valence-corrected chi connectivity index (χ2v) is 11.3. The van der Waals surface area contributed by atoms with Gasteiger partial charge in [0, 0.05) is 10.9 Å². The predicted octanol–water partition coefficient (Wildman–Crippen LogP) is 5.32. The lowest BCUT2D eigenvalue weighted by atomic mass is 9.48. The van der Waals surface area contributed by atoms with E-state index in [4.69, 9.17) is 27.9 Å². The number of hydrogen-bond donors (Lipinski definition) is 2. The Bertz CT molecular complexity index is 1070. The molecule has 9 heteroatoms. The Morgan fingerprint density at radius 3 is 2.59 bits per heavy atom. The summed E-state index contributed by atoms with van der Waals surface area (Å²) in [6, 6.07) is 5.21. The molecule has 4 fully saturated rings. The summed E-state index contributed by atoms with van der Waals surface area (Å²) in [6.45, 7) is 1.57. The number of nitrogens with zero attached hydrogens (tertiary/aromatic N) is 1. The lowest BCUT2D eigenvalue weighted by molar-refractivity contribution is -0.199. The van der Waals surface area contributed by atoms with Crippen LogP contribution in [-0.2, 0) is 14.3 Å². The van der Waals surface area contributed by atoms with E-state index in [2.05, 4.69) is 10.3 Å². The second kappa shape index (κ2) is 7.97. The Hall–Kier alpha value is -1.67. The number of carbonyl (C=O) groups excluding carboxylic acids is 2. The molecule has 2 aromatic rings. The average molecular weight is 495 g/mol. The van der Waals surface area contributed by atoms with Crippen LogP contribution < -0.4 is 5.32 Å². The normalized spacial score (nSPS) is 31.4. The fraction of sp³-hybridized carbons (Fsp3) is 0.522. The first-order valence-electron chi connectivity index (χ1n) is 10.8. The van der Waals surface area contributed by atoms with Crippen molar-refractivity contribution in [3.05, 3.63) is 33.6 Å². The molecular weight excluding hydrogens is 471 g/mol. The van der Waals surface area contributed by atoms with Crippen LogP contribution in [0, 0.1) is 17.3 Å². The minimum absolute atomic E-state index is 0.358. The first-order valence-corrected chi connectivity index (χ1v) is 12.4. The van der Waals surface area contributed by atoms with E-state index in [1.54, 1.807) is 25.1 Å². The molecule has 0 spiro atoms. The van der Waals surface area contributed by atoms with Crippen molar-refractivity contribution < 1.29 is 19.4 Å². The zero-order valence-electron chi connectivity index (χ0n) is 17.6. The molecule has 0 saturated heterocycles. The molecular formula is C23H24Cl2N2O4S. The third kappa shape index (κ3) is 4.04. The van der Waals surface area contributed by atoms with Crippen LogP contribution in [0.5, 0.6) is 0 Å². The maximum Gasteiger partial charge on any atom is 0.312 e. The maximum absolute atomic E-state index is 13.1. The number of aromatic nitrogens is 1. The van der Waals surface area contributed by atoms with E-state index >= 15 is 0 Å². The molecule has 4 aliphatic carbocycles. The molecule has 0 aliphatic heterocycles. The highest BCUT2D eigenvalue weighted by atomic mass is 35.5. The summed E-state index contributed by atoms with van der Waals surface area (Å²) in [5.74, 6) is -0.0544. The van der Waals surface area contributed by atoms with Crippen LogP contribution in [0.2, 0.25) is 10.0 Å². The van der Waals surface area contributed by atoms with Gasteiger partial charge in [-0.1, -0.05) is 29.3 Å². The number of esters is 1. The van der Waals surface area contributed by atoms with Crippen LogP contribution in [-0.4, -0.2) is 33.7 Å². The van der Waals surface area contributed by atoms with Crippen LogP contribution in [0.25, 0.3) is 11.3 Å². The van der Waals surface area contributed by atoms with Crippen molar-refractivity contribution in [2.45, 2.75) is 57.2 Å². The van der Waals surface area contributed by atoms with E-state index in [9.17, 15) is 14.7 Å². The van der Waals surface area contributed by atoms with Crippen molar-refractivity contribution in [2.24, 2.45) is 17.3 Å². The molecule has 4 saturated carbocycles. The van der Waals surface area contributed by atoms with Gasteiger partial charge in [0.15, 0.2) is 11.2 Å². The summed E-state index contributed by atoms with van der Waals surface area (Å²) in [5, 5.41) is 16.7. The SMILES string of the molecule is C[C@H](OC(=O)C12C[C@@H]3C[C@@H](CC(O)(C3)C1)C2)C(=O)Nc1nc(-c2ccc(Cl)c(Cl)c2)cs1. The molecule has 1 amide bonds. The second-order valence-electron chi connectivity index (χ2n) is 9.67. The first-order chi connectivity index (χ1) is 15.1. The van der Waals surface area contributed by atoms with Gasteiger partial charge >= 0.3 is 5.97 Å². The molecule has 5 atom stereocenters.